The molecule has 1 unspecified atom stereocenters. The van der Waals surface area contributed by atoms with E-state index in [2.05, 4.69) is 20.8 Å². The Hall–Kier alpha value is 0.110. The number of hydrogen-bond acceptors (Lipinski definition) is 2. The molecule has 0 amide bonds. The lowest BCUT2D eigenvalue weighted by Gasteiger charge is -2.26. The van der Waals surface area contributed by atoms with Crippen molar-refractivity contribution in [3.63, 3.8) is 0 Å². The van der Waals surface area contributed by atoms with Crippen molar-refractivity contribution in [2.75, 3.05) is 19.7 Å². The van der Waals surface area contributed by atoms with Crippen molar-refractivity contribution in [3.05, 3.63) is 0 Å². The van der Waals surface area contributed by atoms with Gasteiger partial charge in [0.15, 0.2) is 0 Å². The highest BCUT2D eigenvalue weighted by Crippen LogP contribution is 2.47. The van der Waals surface area contributed by atoms with Gasteiger partial charge in [-0.15, -0.1) is 0 Å². The Kier molecular flexibility index (Phi) is 46.9. The molecule has 0 radical (unpaired) electrons. The van der Waals surface area contributed by atoms with Crippen molar-refractivity contribution in [3.8, 4) is 0 Å². The summed E-state index contributed by atoms with van der Waals surface area (Å²) in [6, 6.07) is 0. The van der Waals surface area contributed by atoms with Crippen LogP contribution in [-0.4, -0.2) is 29.3 Å². The molecule has 1 N–H and O–H groups in total. The average molecular weight is 798 g/mol. The molecule has 0 rings (SSSR count). The van der Waals surface area contributed by atoms with Crippen molar-refractivity contribution in [2.24, 2.45) is 0 Å². The van der Waals surface area contributed by atoms with Gasteiger partial charge in [0.05, 0.1) is 6.61 Å². The molecule has 0 spiro atoms. The van der Waals surface area contributed by atoms with Gasteiger partial charge in [-0.2, -0.15) is 0 Å². The third-order valence-corrected chi connectivity index (χ3v) is 13.8. The van der Waals surface area contributed by atoms with Gasteiger partial charge in [-0.1, -0.05) is 284 Å². The average Bonchev–Trinajstić information content (AvgIpc) is 3.18. The minimum Gasteiger partial charge on any atom is -0.312 e. The summed E-state index contributed by atoms with van der Waals surface area (Å²) in [5.41, 5.74) is 0. The molecule has 0 aliphatic carbocycles. The molecule has 0 heterocycles. The predicted molar refractivity (Wildman–Crippen MR) is 248 cm³/mol. The van der Waals surface area contributed by atoms with Crippen molar-refractivity contribution >= 4 is 7.75 Å². The van der Waals surface area contributed by atoms with Gasteiger partial charge in [0.1, 0.15) is 0 Å². The minimum absolute atomic E-state index is 0.411. The molecular weight excluding hydrogens is 694 g/mol. The van der Waals surface area contributed by atoms with E-state index in [4.69, 9.17) is 4.52 Å². The molecule has 0 aliphatic heterocycles. The van der Waals surface area contributed by atoms with Gasteiger partial charge in [0.2, 0.25) is 0 Å². The highest BCUT2D eigenvalue weighted by molar-refractivity contribution is 7.50. The van der Waals surface area contributed by atoms with Crippen LogP contribution in [0.1, 0.15) is 303 Å². The summed E-state index contributed by atoms with van der Waals surface area (Å²) in [6.45, 7) is 8.64. The lowest BCUT2D eigenvalue weighted by molar-refractivity contribution is 0.194. The molecule has 0 aromatic carbocycles. The number of hydrogen-bond donors (Lipinski definition) is 1. The quantitative estimate of drug-likeness (QED) is 0.0492. The summed E-state index contributed by atoms with van der Waals surface area (Å²) in [4.78, 5) is 11.0. The van der Waals surface area contributed by atoms with Gasteiger partial charge < -0.3 is 4.89 Å². The van der Waals surface area contributed by atoms with E-state index in [1.807, 2.05) is 4.67 Å². The van der Waals surface area contributed by atoms with E-state index in [1.165, 1.54) is 244 Å². The van der Waals surface area contributed by atoms with E-state index in [0.29, 0.717) is 19.7 Å². The Morgan fingerprint density at radius 1 is 0.309 bits per heavy atom. The highest BCUT2D eigenvalue weighted by Gasteiger charge is 2.28. The first kappa shape index (κ1) is 55.1. The fourth-order valence-corrected chi connectivity index (χ4v) is 9.58. The number of unbranched alkanes of at least 4 members (excludes halogenated alkanes) is 41. The van der Waals surface area contributed by atoms with Crippen LogP contribution in [0.15, 0.2) is 0 Å². The van der Waals surface area contributed by atoms with Crippen molar-refractivity contribution in [1.82, 2.24) is 4.67 Å². The molecule has 0 saturated carbocycles. The lowest BCUT2D eigenvalue weighted by atomic mass is 10.0. The maximum Gasteiger partial charge on any atom is 0.405 e. The summed E-state index contributed by atoms with van der Waals surface area (Å²) in [5, 5.41) is 0. The maximum absolute atomic E-state index is 13.4. The second-order valence-corrected chi connectivity index (χ2v) is 19.6. The molecule has 0 aliphatic rings. The summed E-state index contributed by atoms with van der Waals surface area (Å²) in [6.07, 6.45) is 59.0. The zero-order valence-corrected chi connectivity index (χ0v) is 39.3. The summed E-state index contributed by atoms with van der Waals surface area (Å²) in [5.74, 6) is 0. The van der Waals surface area contributed by atoms with Crippen LogP contribution >= 0.6 is 7.75 Å². The maximum atomic E-state index is 13.4. The summed E-state index contributed by atoms with van der Waals surface area (Å²) in [7, 11) is -3.72. The van der Waals surface area contributed by atoms with Gasteiger partial charge in [-0.05, 0) is 19.3 Å². The summed E-state index contributed by atoms with van der Waals surface area (Å²) >= 11 is 0. The first-order chi connectivity index (χ1) is 27.1. The zero-order valence-electron chi connectivity index (χ0n) is 38.4. The van der Waals surface area contributed by atoms with Crippen LogP contribution in [0.3, 0.4) is 0 Å². The molecular formula is C50H104NO3P. The van der Waals surface area contributed by atoms with Crippen LogP contribution in [0, 0.1) is 0 Å². The SMILES string of the molecule is CCCCCCCCCCCCCCCCCCCCCN(CCCCCCCCCCCCCCCCCCCCC)P(=O)(O)OCCCCCCCC. The molecule has 4 nitrogen and oxygen atoms in total. The topological polar surface area (TPSA) is 49.8 Å². The predicted octanol–water partition coefficient (Wildman–Crippen LogP) is 18.6. The van der Waals surface area contributed by atoms with Crippen LogP contribution in [-0.2, 0) is 9.09 Å². The Labute approximate surface area is 348 Å². The third-order valence-electron chi connectivity index (χ3n) is 12.2. The number of nitrogens with zero attached hydrogens (tertiary/aromatic N) is 1. The number of rotatable bonds is 49. The Morgan fingerprint density at radius 3 is 0.709 bits per heavy atom. The lowest BCUT2D eigenvalue weighted by Crippen LogP contribution is -2.24. The molecule has 0 bridgehead atoms. The second-order valence-electron chi connectivity index (χ2n) is 17.8. The molecule has 0 aromatic rings. The van der Waals surface area contributed by atoms with E-state index in [-0.39, 0.29) is 0 Å². The summed E-state index contributed by atoms with van der Waals surface area (Å²) < 4.78 is 20.9. The Bertz CT molecular complexity index is 707. The van der Waals surface area contributed by atoms with Gasteiger partial charge in [0.25, 0.3) is 0 Å². The Balaban J connectivity index is 4.01. The third kappa shape index (κ3) is 43.5. The van der Waals surface area contributed by atoms with Crippen molar-refractivity contribution in [2.45, 2.75) is 303 Å². The van der Waals surface area contributed by atoms with Gasteiger partial charge in [-0.25, -0.2) is 9.24 Å². The van der Waals surface area contributed by atoms with Crippen LogP contribution in [0.25, 0.3) is 0 Å². The second kappa shape index (κ2) is 46.8. The van der Waals surface area contributed by atoms with E-state index < -0.39 is 7.75 Å². The van der Waals surface area contributed by atoms with Crippen LogP contribution < -0.4 is 0 Å². The minimum atomic E-state index is -3.72. The van der Waals surface area contributed by atoms with Crippen LogP contribution in [0.2, 0.25) is 0 Å². The molecule has 1 atom stereocenters. The van der Waals surface area contributed by atoms with Crippen molar-refractivity contribution in [1.29, 1.82) is 0 Å². The van der Waals surface area contributed by atoms with Gasteiger partial charge >= 0.3 is 7.75 Å². The molecule has 55 heavy (non-hydrogen) atoms. The molecule has 0 aromatic heterocycles. The molecule has 0 fully saturated rings. The largest absolute Gasteiger partial charge is 0.405 e. The fourth-order valence-electron chi connectivity index (χ4n) is 8.26. The zero-order chi connectivity index (χ0) is 40.0. The van der Waals surface area contributed by atoms with Crippen LogP contribution in [0.4, 0.5) is 0 Å². The molecule has 0 saturated heterocycles. The fraction of sp³-hybridized carbons (Fsp3) is 1.00. The first-order valence-electron chi connectivity index (χ1n) is 25.8. The standard InChI is InChI=1S/C50H104NO3P/c1-4-7-10-13-16-18-20-22-24-26-28-30-32-34-36-38-40-42-45-48-51(55(52,53)54-50-47-44-15-12-9-6-3)49-46-43-41-39-37-35-33-31-29-27-25-23-21-19-17-14-11-8-5-2/h4-50H2,1-3H3,(H,52,53). The molecule has 332 valence electrons. The van der Waals surface area contributed by atoms with Gasteiger partial charge in [0, 0.05) is 13.1 Å². The van der Waals surface area contributed by atoms with Crippen LogP contribution in [0.5, 0.6) is 0 Å². The monoisotopic (exact) mass is 798 g/mol. The Morgan fingerprint density at radius 2 is 0.491 bits per heavy atom. The highest BCUT2D eigenvalue weighted by atomic mass is 31.2. The van der Waals surface area contributed by atoms with E-state index in [1.54, 1.807) is 0 Å². The van der Waals surface area contributed by atoms with Gasteiger partial charge in [-0.3, -0.25) is 4.52 Å². The van der Waals surface area contributed by atoms with Crippen molar-refractivity contribution < 1.29 is 14.0 Å². The first-order valence-corrected chi connectivity index (χ1v) is 27.3. The molecule has 5 heteroatoms. The normalized spacial score (nSPS) is 13.0. The van der Waals surface area contributed by atoms with E-state index >= 15 is 0 Å². The smallest absolute Gasteiger partial charge is 0.312 e. The van der Waals surface area contributed by atoms with E-state index in [0.717, 1.165) is 38.5 Å². The van der Waals surface area contributed by atoms with E-state index in [9.17, 15) is 9.46 Å².